The summed E-state index contributed by atoms with van der Waals surface area (Å²) in [6.45, 7) is 3.56. The minimum Gasteiger partial charge on any atom is -0.395 e. The molecule has 1 aliphatic carbocycles. The molecule has 1 saturated heterocycles. The van der Waals surface area contributed by atoms with Gasteiger partial charge in [0.2, 0.25) is 5.91 Å². The molecule has 1 aliphatic heterocycles. The van der Waals surface area contributed by atoms with Crippen LogP contribution >= 0.6 is 0 Å². The molecule has 1 saturated carbocycles. The second-order valence-electron chi connectivity index (χ2n) is 6.24. The first-order chi connectivity index (χ1) is 11.2. The highest BCUT2D eigenvalue weighted by Crippen LogP contribution is 2.26. The van der Waals surface area contributed by atoms with Crippen LogP contribution in [0.5, 0.6) is 0 Å². The molecule has 6 heteroatoms. The number of anilines is 1. The average molecular weight is 321 g/mol. The summed E-state index contributed by atoms with van der Waals surface area (Å²) in [5, 5.41) is 9.11. The molecule has 2 fully saturated rings. The quantitative estimate of drug-likeness (QED) is 0.847. The summed E-state index contributed by atoms with van der Waals surface area (Å²) < 4.78 is 13.8. The van der Waals surface area contributed by atoms with E-state index in [-0.39, 0.29) is 18.3 Å². The second kappa shape index (κ2) is 7.27. The normalized spacial score (nSPS) is 18.6. The summed E-state index contributed by atoms with van der Waals surface area (Å²) in [6, 6.07) is 7.23. The highest BCUT2D eigenvalue weighted by molar-refractivity contribution is 5.78. The molecule has 23 heavy (non-hydrogen) atoms. The first-order valence-corrected chi connectivity index (χ1v) is 8.31. The zero-order valence-corrected chi connectivity index (χ0v) is 13.3. The van der Waals surface area contributed by atoms with Crippen molar-refractivity contribution in [3.8, 4) is 0 Å². The summed E-state index contributed by atoms with van der Waals surface area (Å²) in [4.78, 5) is 18.4. The van der Waals surface area contributed by atoms with Crippen LogP contribution in [0, 0.1) is 5.82 Å². The lowest BCUT2D eigenvalue weighted by atomic mass is 10.2. The first kappa shape index (κ1) is 16.2. The number of aliphatic hydroxyl groups is 1. The maximum absolute atomic E-state index is 13.8. The van der Waals surface area contributed by atoms with E-state index in [4.69, 9.17) is 5.11 Å². The zero-order valence-electron chi connectivity index (χ0n) is 13.3. The number of benzene rings is 1. The number of rotatable bonds is 6. The van der Waals surface area contributed by atoms with Crippen LogP contribution in [0.25, 0.3) is 0 Å². The molecule has 3 rings (SSSR count). The monoisotopic (exact) mass is 321 g/mol. The number of carbonyl (C=O) groups is 1. The lowest BCUT2D eigenvalue weighted by Gasteiger charge is -2.37. The minimum atomic E-state index is -0.213. The van der Waals surface area contributed by atoms with Crippen molar-refractivity contribution in [3.63, 3.8) is 0 Å². The van der Waals surface area contributed by atoms with Gasteiger partial charge in [-0.05, 0) is 25.0 Å². The predicted octanol–water partition coefficient (Wildman–Crippen LogP) is 0.931. The number of aliphatic hydroxyl groups excluding tert-OH is 1. The van der Waals surface area contributed by atoms with Crippen LogP contribution in [0.3, 0.4) is 0 Å². The average Bonchev–Trinajstić information content (AvgIpc) is 3.40. The van der Waals surface area contributed by atoms with Crippen molar-refractivity contribution < 1.29 is 14.3 Å². The Morgan fingerprint density at radius 3 is 2.52 bits per heavy atom. The molecule has 1 N–H and O–H groups in total. The van der Waals surface area contributed by atoms with Gasteiger partial charge in [-0.25, -0.2) is 4.39 Å². The van der Waals surface area contributed by atoms with E-state index in [1.807, 2.05) is 15.9 Å². The molecular formula is C17H24FN3O2. The van der Waals surface area contributed by atoms with Gasteiger partial charge >= 0.3 is 0 Å². The summed E-state index contributed by atoms with van der Waals surface area (Å²) in [5.74, 6) is -0.103. The summed E-state index contributed by atoms with van der Waals surface area (Å²) in [5.41, 5.74) is 0.611. The molecule has 1 heterocycles. The molecule has 126 valence electrons. The van der Waals surface area contributed by atoms with Crippen molar-refractivity contribution in [3.05, 3.63) is 30.1 Å². The Morgan fingerprint density at radius 1 is 1.22 bits per heavy atom. The lowest BCUT2D eigenvalue weighted by molar-refractivity contribution is -0.133. The van der Waals surface area contributed by atoms with E-state index in [1.54, 1.807) is 12.1 Å². The SMILES string of the molecule is O=C(CN(CCO)C1CC1)N1CCN(c2ccccc2F)CC1. The summed E-state index contributed by atoms with van der Waals surface area (Å²) in [7, 11) is 0. The Balaban J connectivity index is 1.52. The fourth-order valence-corrected chi connectivity index (χ4v) is 3.14. The van der Waals surface area contributed by atoms with Gasteiger partial charge < -0.3 is 14.9 Å². The largest absolute Gasteiger partial charge is 0.395 e. The van der Waals surface area contributed by atoms with Gasteiger partial charge in [0.15, 0.2) is 0 Å². The molecule has 0 spiro atoms. The minimum absolute atomic E-state index is 0.0881. The third kappa shape index (κ3) is 4.00. The number of carbonyl (C=O) groups excluding carboxylic acids is 1. The fraction of sp³-hybridized carbons (Fsp3) is 0.588. The van der Waals surface area contributed by atoms with Gasteiger partial charge in [-0.15, -0.1) is 0 Å². The molecule has 1 amide bonds. The van der Waals surface area contributed by atoms with E-state index >= 15 is 0 Å². The maximum Gasteiger partial charge on any atom is 0.236 e. The third-order valence-corrected chi connectivity index (χ3v) is 4.61. The molecule has 0 bridgehead atoms. The van der Waals surface area contributed by atoms with Gasteiger partial charge in [-0.3, -0.25) is 9.69 Å². The van der Waals surface area contributed by atoms with Gasteiger partial charge in [-0.2, -0.15) is 0 Å². The Hall–Kier alpha value is -1.66. The van der Waals surface area contributed by atoms with E-state index in [9.17, 15) is 9.18 Å². The van der Waals surface area contributed by atoms with Gasteiger partial charge in [0, 0.05) is 38.8 Å². The van der Waals surface area contributed by atoms with E-state index in [2.05, 4.69) is 4.90 Å². The van der Waals surface area contributed by atoms with Crippen LogP contribution in [0.1, 0.15) is 12.8 Å². The van der Waals surface area contributed by atoms with Crippen LogP contribution in [0.15, 0.2) is 24.3 Å². The van der Waals surface area contributed by atoms with Crippen molar-refractivity contribution in [2.75, 3.05) is 50.8 Å². The number of hydrogen-bond donors (Lipinski definition) is 1. The smallest absolute Gasteiger partial charge is 0.236 e. The van der Waals surface area contributed by atoms with Crippen LogP contribution in [-0.2, 0) is 4.79 Å². The van der Waals surface area contributed by atoms with Crippen molar-refractivity contribution in [1.82, 2.24) is 9.80 Å². The number of para-hydroxylation sites is 1. The molecule has 5 nitrogen and oxygen atoms in total. The molecule has 0 aromatic heterocycles. The highest BCUT2D eigenvalue weighted by Gasteiger charge is 2.31. The van der Waals surface area contributed by atoms with E-state index in [0.717, 1.165) is 12.8 Å². The summed E-state index contributed by atoms with van der Waals surface area (Å²) >= 11 is 0. The molecule has 0 atom stereocenters. The van der Waals surface area contributed by atoms with E-state index in [1.165, 1.54) is 6.07 Å². The number of piperazine rings is 1. The predicted molar refractivity (Wildman–Crippen MR) is 86.9 cm³/mol. The van der Waals surface area contributed by atoms with Gasteiger partial charge in [0.1, 0.15) is 5.82 Å². The Morgan fingerprint density at radius 2 is 1.91 bits per heavy atom. The maximum atomic E-state index is 13.8. The Bertz CT molecular complexity index is 542. The van der Waals surface area contributed by atoms with Crippen molar-refractivity contribution in [1.29, 1.82) is 0 Å². The molecule has 1 aromatic rings. The van der Waals surface area contributed by atoms with Crippen LogP contribution < -0.4 is 4.90 Å². The summed E-state index contributed by atoms with van der Waals surface area (Å²) in [6.07, 6.45) is 2.24. The van der Waals surface area contributed by atoms with Crippen molar-refractivity contribution >= 4 is 11.6 Å². The van der Waals surface area contributed by atoms with Gasteiger partial charge in [0.25, 0.3) is 0 Å². The topological polar surface area (TPSA) is 47.0 Å². The second-order valence-corrected chi connectivity index (χ2v) is 6.24. The zero-order chi connectivity index (χ0) is 16.2. The Labute approximate surface area is 136 Å². The van der Waals surface area contributed by atoms with Crippen molar-refractivity contribution in [2.45, 2.75) is 18.9 Å². The number of nitrogens with zero attached hydrogens (tertiary/aromatic N) is 3. The molecule has 1 aromatic carbocycles. The number of hydrogen-bond acceptors (Lipinski definition) is 4. The molecule has 2 aliphatic rings. The van der Waals surface area contributed by atoms with Crippen LogP contribution in [-0.4, -0.2) is 72.7 Å². The number of amides is 1. The van der Waals surface area contributed by atoms with Gasteiger partial charge in [-0.1, -0.05) is 12.1 Å². The molecular weight excluding hydrogens is 297 g/mol. The third-order valence-electron chi connectivity index (χ3n) is 4.61. The van der Waals surface area contributed by atoms with Gasteiger partial charge in [0.05, 0.1) is 18.8 Å². The van der Waals surface area contributed by atoms with Crippen molar-refractivity contribution in [2.24, 2.45) is 0 Å². The van der Waals surface area contributed by atoms with Crippen LogP contribution in [0.2, 0.25) is 0 Å². The molecule has 0 radical (unpaired) electrons. The molecule has 0 unspecified atom stereocenters. The fourth-order valence-electron chi connectivity index (χ4n) is 3.14. The van der Waals surface area contributed by atoms with E-state index in [0.29, 0.717) is 51.0 Å². The standard InChI is InChI=1S/C17H24FN3O2/c18-15-3-1-2-4-16(15)19-7-9-20(10-8-19)17(23)13-21(11-12-22)14-5-6-14/h1-4,14,22H,5-13H2. The van der Waals surface area contributed by atoms with E-state index < -0.39 is 0 Å². The first-order valence-electron chi connectivity index (χ1n) is 8.31. The van der Waals surface area contributed by atoms with Crippen LogP contribution in [0.4, 0.5) is 10.1 Å². The lowest BCUT2D eigenvalue weighted by Crippen LogP contribution is -2.52. The highest BCUT2D eigenvalue weighted by atomic mass is 19.1. The number of halogens is 1. The Kier molecular flexibility index (Phi) is 5.13.